The Hall–Kier alpha value is -1.82. The summed E-state index contributed by atoms with van der Waals surface area (Å²) >= 11 is 0. The van der Waals surface area contributed by atoms with Crippen molar-refractivity contribution in [2.24, 2.45) is 41.4 Å². The summed E-state index contributed by atoms with van der Waals surface area (Å²) in [5.41, 5.74) is 8.91. The van der Waals surface area contributed by atoms with Crippen LogP contribution in [0.25, 0.3) is 5.57 Å². The Labute approximate surface area is 179 Å². The van der Waals surface area contributed by atoms with Gasteiger partial charge in [-0.15, -0.1) is 0 Å². The van der Waals surface area contributed by atoms with Gasteiger partial charge in [0, 0.05) is 42.0 Å². The van der Waals surface area contributed by atoms with E-state index < -0.39 is 5.66 Å². The second-order valence-electron chi connectivity index (χ2n) is 11.0. The maximum Gasteiger partial charge on any atom is 0.198 e. The summed E-state index contributed by atoms with van der Waals surface area (Å²) in [5.74, 6) is 4.02. The van der Waals surface area contributed by atoms with Gasteiger partial charge in [-0.2, -0.15) is 5.10 Å². The smallest absolute Gasteiger partial charge is 0.198 e. The molecule has 30 heavy (non-hydrogen) atoms. The van der Waals surface area contributed by atoms with E-state index >= 15 is 0 Å². The number of hydrogen-bond donors (Lipinski definition) is 3. The van der Waals surface area contributed by atoms with E-state index in [1.54, 1.807) is 0 Å². The number of aliphatic imine (C=N–C) groups is 1. The van der Waals surface area contributed by atoms with Crippen molar-refractivity contribution in [2.45, 2.75) is 81.8 Å². The zero-order chi connectivity index (χ0) is 20.3. The lowest BCUT2D eigenvalue weighted by Crippen LogP contribution is -2.63. The Balaban J connectivity index is 1.31. The summed E-state index contributed by atoms with van der Waals surface area (Å²) in [6.07, 6.45) is 20.5. The molecule has 1 aliphatic heterocycles. The van der Waals surface area contributed by atoms with E-state index in [0.717, 1.165) is 47.7 Å². The molecule has 1 aromatic rings. The largest absolute Gasteiger partial charge is 0.351 e. The zero-order valence-electron chi connectivity index (χ0n) is 18.2. The molecule has 4 N–H and O–H groups in total. The summed E-state index contributed by atoms with van der Waals surface area (Å²) in [4.78, 5) is 5.25. The minimum Gasteiger partial charge on any atom is -0.351 e. The SMILES string of the molecule is Cn1cc(C2=CNC(NC34CC5CC(CC(C5)C3)C4)=NC2(N)C2CCCCC2)cn1. The van der Waals surface area contributed by atoms with Gasteiger partial charge in [-0.25, -0.2) is 4.99 Å². The average molecular weight is 409 g/mol. The number of nitrogens with zero attached hydrogens (tertiary/aromatic N) is 3. The highest BCUT2D eigenvalue weighted by molar-refractivity contribution is 5.89. The van der Waals surface area contributed by atoms with Crippen molar-refractivity contribution in [2.75, 3.05) is 0 Å². The van der Waals surface area contributed by atoms with Crippen LogP contribution in [0.15, 0.2) is 23.6 Å². The molecule has 6 nitrogen and oxygen atoms in total. The molecule has 6 heteroatoms. The molecule has 1 atom stereocenters. The summed E-state index contributed by atoms with van der Waals surface area (Å²) in [6.45, 7) is 0. The van der Waals surface area contributed by atoms with Crippen molar-refractivity contribution in [3.63, 3.8) is 0 Å². The first-order valence-corrected chi connectivity index (χ1v) is 12.1. The fraction of sp³-hybridized carbons (Fsp3) is 0.750. The lowest BCUT2D eigenvalue weighted by atomic mass is 9.53. The molecule has 4 bridgehead atoms. The lowest BCUT2D eigenvalue weighted by Gasteiger charge is -2.57. The molecule has 0 aromatic carbocycles. The highest BCUT2D eigenvalue weighted by Crippen LogP contribution is 2.55. The van der Waals surface area contributed by atoms with Gasteiger partial charge in [-0.05, 0) is 69.1 Å². The molecular weight excluding hydrogens is 372 g/mol. The average Bonchev–Trinajstić information content (AvgIpc) is 3.13. The predicted molar refractivity (Wildman–Crippen MR) is 119 cm³/mol. The Morgan fingerprint density at radius 1 is 1.07 bits per heavy atom. The van der Waals surface area contributed by atoms with Crippen LogP contribution < -0.4 is 16.4 Å². The number of aromatic nitrogens is 2. The van der Waals surface area contributed by atoms with Gasteiger partial charge in [0.2, 0.25) is 0 Å². The van der Waals surface area contributed by atoms with Gasteiger partial charge < -0.3 is 16.4 Å². The van der Waals surface area contributed by atoms with Gasteiger partial charge in [0.15, 0.2) is 5.96 Å². The fourth-order valence-corrected chi connectivity index (χ4v) is 7.84. The lowest BCUT2D eigenvalue weighted by molar-refractivity contribution is -0.0105. The molecule has 0 saturated heterocycles. The minimum atomic E-state index is -0.681. The van der Waals surface area contributed by atoms with Crippen LogP contribution in [0.4, 0.5) is 0 Å². The van der Waals surface area contributed by atoms with Gasteiger partial charge in [0.25, 0.3) is 0 Å². The Morgan fingerprint density at radius 2 is 1.73 bits per heavy atom. The summed E-state index contributed by atoms with van der Waals surface area (Å²) in [7, 11) is 1.96. The van der Waals surface area contributed by atoms with Crippen LogP contribution in [0.3, 0.4) is 0 Å². The van der Waals surface area contributed by atoms with Crippen molar-refractivity contribution in [3.8, 4) is 0 Å². The first kappa shape index (κ1) is 18.9. The van der Waals surface area contributed by atoms with E-state index in [1.165, 1.54) is 57.8 Å². The normalized spacial score (nSPS) is 40.7. The minimum absolute atomic E-state index is 0.230. The van der Waals surface area contributed by atoms with Crippen molar-refractivity contribution >= 4 is 11.5 Å². The third-order valence-electron chi connectivity index (χ3n) is 8.75. The molecule has 0 spiro atoms. The second kappa shape index (κ2) is 6.84. The molecule has 5 saturated carbocycles. The van der Waals surface area contributed by atoms with E-state index in [-0.39, 0.29) is 5.54 Å². The summed E-state index contributed by atoms with van der Waals surface area (Å²) < 4.78 is 1.85. The van der Waals surface area contributed by atoms with Crippen LogP contribution in [-0.2, 0) is 7.05 Å². The maximum absolute atomic E-state index is 7.20. The van der Waals surface area contributed by atoms with Crippen LogP contribution in [-0.4, -0.2) is 26.9 Å². The number of nitrogens with two attached hydrogens (primary N) is 1. The van der Waals surface area contributed by atoms with Gasteiger partial charge >= 0.3 is 0 Å². The van der Waals surface area contributed by atoms with E-state index in [9.17, 15) is 0 Å². The second-order valence-corrected chi connectivity index (χ2v) is 11.0. The van der Waals surface area contributed by atoms with Crippen LogP contribution >= 0.6 is 0 Å². The highest BCUT2D eigenvalue weighted by atomic mass is 15.3. The van der Waals surface area contributed by atoms with Crippen LogP contribution in [0, 0.1) is 23.7 Å². The molecule has 0 amide bonds. The topological polar surface area (TPSA) is 80.3 Å². The van der Waals surface area contributed by atoms with E-state index in [2.05, 4.69) is 28.1 Å². The standard InChI is InChI=1S/C24H36N6/c1-30-15-19(13-27-30)21-14-26-22(29-24(21,25)20-5-3-2-4-6-20)28-23-10-16-7-17(11-23)9-18(8-16)12-23/h13-18,20H,2-12,25H2,1H3,(H2,26,28,29). The number of hydrogen-bond acceptors (Lipinski definition) is 5. The predicted octanol–water partition coefficient (Wildman–Crippen LogP) is 3.51. The fourth-order valence-electron chi connectivity index (χ4n) is 7.84. The molecular formula is C24H36N6. The van der Waals surface area contributed by atoms with Gasteiger partial charge in [0.1, 0.15) is 5.66 Å². The Bertz CT molecular complexity index is 841. The van der Waals surface area contributed by atoms with Gasteiger partial charge in [0.05, 0.1) is 6.20 Å². The number of nitrogens with one attached hydrogen (secondary N) is 2. The Kier molecular flexibility index (Phi) is 4.31. The monoisotopic (exact) mass is 408 g/mol. The van der Waals surface area contributed by atoms with E-state index in [0.29, 0.717) is 5.92 Å². The van der Waals surface area contributed by atoms with Crippen LogP contribution in [0.1, 0.15) is 76.2 Å². The number of guanidine groups is 1. The maximum atomic E-state index is 7.20. The van der Waals surface area contributed by atoms with E-state index in [1.807, 2.05) is 17.9 Å². The van der Waals surface area contributed by atoms with Crippen molar-refractivity contribution < 1.29 is 0 Å². The molecule has 2 heterocycles. The molecule has 6 aliphatic rings. The number of aryl methyl sites for hydroxylation is 1. The molecule has 5 aliphatic carbocycles. The zero-order valence-corrected chi connectivity index (χ0v) is 18.2. The molecule has 162 valence electrons. The first-order valence-electron chi connectivity index (χ1n) is 12.1. The molecule has 5 fully saturated rings. The van der Waals surface area contributed by atoms with Gasteiger partial charge in [-0.3, -0.25) is 4.68 Å². The summed E-state index contributed by atoms with van der Waals surface area (Å²) in [6, 6.07) is 0. The third-order valence-corrected chi connectivity index (χ3v) is 8.75. The summed E-state index contributed by atoms with van der Waals surface area (Å²) in [5, 5.41) is 11.8. The molecule has 7 rings (SSSR count). The molecule has 1 aromatic heterocycles. The van der Waals surface area contributed by atoms with Crippen molar-refractivity contribution in [3.05, 3.63) is 24.2 Å². The molecule has 0 radical (unpaired) electrons. The Morgan fingerprint density at radius 3 is 2.33 bits per heavy atom. The van der Waals surface area contributed by atoms with Crippen LogP contribution in [0.5, 0.6) is 0 Å². The van der Waals surface area contributed by atoms with Gasteiger partial charge in [-0.1, -0.05) is 19.3 Å². The number of rotatable bonds is 3. The van der Waals surface area contributed by atoms with E-state index in [4.69, 9.17) is 10.7 Å². The first-order chi connectivity index (χ1) is 14.5. The quantitative estimate of drug-likeness (QED) is 0.715. The molecule has 1 unspecified atom stereocenters. The highest BCUT2D eigenvalue weighted by Gasteiger charge is 2.52. The van der Waals surface area contributed by atoms with Crippen LogP contribution in [0.2, 0.25) is 0 Å². The van der Waals surface area contributed by atoms with Crippen molar-refractivity contribution in [1.29, 1.82) is 0 Å². The van der Waals surface area contributed by atoms with Crippen molar-refractivity contribution in [1.82, 2.24) is 20.4 Å². The third kappa shape index (κ3) is 3.10.